The normalized spacial score (nSPS) is 24.8. The number of rotatable bonds is 13. The van der Waals surface area contributed by atoms with Gasteiger partial charge >= 0.3 is 0 Å². The average Bonchev–Trinajstić information content (AvgIpc) is 2.54. The highest BCUT2D eigenvalue weighted by Gasteiger charge is 2.32. The zero-order valence-corrected chi connectivity index (χ0v) is 14.9. The molecular weight excluding hydrogens is 276 g/mol. The molecular formula is C19H36O3. The topological polar surface area (TPSA) is 27.7 Å². The van der Waals surface area contributed by atoms with Crippen molar-refractivity contribution in [3.63, 3.8) is 0 Å². The van der Waals surface area contributed by atoms with E-state index in [9.17, 15) is 0 Å². The first-order chi connectivity index (χ1) is 10.8. The highest BCUT2D eigenvalue weighted by Crippen LogP contribution is 2.26. The third kappa shape index (κ3) is 7.75. The minimum atomic E-state index is 0.0944. The summed E-state index contributed by atoms with van der Waals surface area (Å²) in [4.78, 5) is 0. The Hall–Kier alpha value is -0.380. The first kappa shape index (κ1) is 19.7. The SMILES string of the molecule is CCCCOC[C@H]1CC=C[C@@H](OCCCC)[C@@H]1OCCCC. The lowest BCUT2D eigenvalue weighted by molar-refractivity contribution is -0.0986. The van der Waals surface area contributed by atoms with E-state index in [4.69, 9.17) is 14.2 Å². The van der Waals surface area contributed by atoms with Gasteiger partial charge in [-0.3, -0.25) is 0 Å². The fourth-order valence-corrected chi connectivity index (χ4v) is 2.65. The van der Waals surface area contributed by atoms with Crippen LogP contribution in [0.1, 0.15) is 65.7 Å². The van der Waals surface area contributed by atoms with E-state index in [1.165, 1.54) is 19.3 Å². The summed E-state index contributed by atoms with van der Waals surface area (Å²) in [6.45, 7) is 9.89. The Morgan fingerprint density at radius 2 is 1.50 bits per heavy atom. The molecule has 0 aliphatic heterocycles. The molecule has 3 nitrogen and oxygen atoms in total. The molecule has 0 aromatic rings. The molecule has 0 fully saturated rings. The van der Waals surface area contributed by atoms with Gasteiger partial charge in [0.2, 0.25) is 0 Å². The van der Waals surface area contributed by atoms with E-state index in [1.807, 2.05) is 0 Å². The quantitative estimate of drug-likeness (QED) is 0.363. The van der Waals surface area contributed by atoms with Crippen molar-refractivity contribution >= 4 is 0 Å². The van der Waals surface area contributed by atoms with E-state index in [-0.39, 0.29) is 12.2 Å². The van der Waals surface area contributed by atoms with E-state index in [0.717, 1.165) is 52.1 Å². The number of hydrogen-bond donors (Lipinski definition) is 0. The van der Waals surface area contributed by atoms with E-state index >= 15 is 0 Å². The molecule has 0 radical (unpaired) electrons. The van der Waals surface area contributed by atoms with Crippen LogP contribution >= 0.6 is 0 Å². The van der Waals surface area contributed by atoms with Crippen molar-refractivity contribution in [2.45, 2.75) is 77.9 Å². The Morgan fingerprint density at radius 3 is 2.18 bits per heavy atom. The molecule has 0 spiro atoms. The molecule has 0 bridgehead atoms. The first-order valence-corrected chi connectivity index (χ1v) is 9.31. The van der Waals surface area contributed by atoms with Gasteiger partial charge in [-0.25, -0.2) is 0 Å². The second kappa shape index (κ2) is 13.1. The van der Waals surface area contributed by atoms with Crippen molar-refractivity contribution in [3.05, 3.63) is 12.2 Å². The van der Waals surface area contributed by atoms with Gasteiger partial charge in [-0.15, -0.1) is 0 Å². The van der Waals surface area contributed by atoms with Crippen molar-refractivity contribution in [1.82, 2.24) is 0 Å². The van der Waals surface area contributed by atoms with Crippen molar-refractivity contribution in [1.29, 1.82) is 0 Å². The number of ether oxygens (including phenoxy) is 3. The highest BCUT2D eigenvalue weighted by molar-refractivity contribution is 5.03. The van der Waals surface area contributed by atoms with Crippen molar-refractivity contribution < 1.29 is 14.2 Å². The summed E-state index contributed by atoms with van der Waals surface area (Å²) < 4.78 is 18.1. The van der Waals surface area contributed by atoms with Crippen LogP contribution in [0, 0.1) is 5.92 Å². The smallest absolute Gasteiger partial charge is 0.102 e. The van der Waals surface area contributed by atoms with Crippen molar-refractivity contribution in [2.24, 2.45) is 5.92 Å². The van der Waals surface area contributed by atoms with Gasteiger partial charge in [0.25, 0.3) is 0 Å². The average molecular weight is 312 g/mol. The van der Waals surface area contributed by atoms with Gasteiger partial charge in [-0.05, 0) is 25.7 Å². The zero-order valence-electron chi connectivity index (χ0n) is 14.9. The highest BCUT2D eigenvalue weighted by atomic mass is 16.5. The van der Waals surface area contributed by atoms with Gasteiger partial charge in [-0.2, -0.15) is 0 Å². The maximum atomic E-state index is 6.18. The van der Waals surface area contributed by atoms with Crippen LogP contribution in [-0.4, -0.2) is 38.6 Å². The van der Waals surface area contributed by atoms with Gasteiger partial charge in [0.1, 0.15) is 6.10 Å². The van der Waals surface area contributed by atoms with Gasteiger partial charge in [0.05, 0.1) is 12.7 Å². The molecule has 0 N–H and O–H groups in total. The molecule has 0 aromatic heterocycles. The van der Waals surface area contributed by atoms with E-state index in [2.05, 4.69) is 32.9 Å². The van der Waals surface area contributed by atoms with Crippen LogP contribution in [0.3, 0.4) is 0 Å². The molecule has 0 heterocycles. The molecule has 130 valence electrons. The van der Waals surface area contributed by atoms with Gasteiger partial charge in [0, 0.05) is 25.7 Å². The summed E-state index contributed by atoms with van der Waals surface area (Å²) in [6.07, 6.45) is 12.6. The monoisotopic (exact) mass is 312 g/mol. The Morgan fingerprint density at radius 1 is 0.864 bits per heavy atom. The van der Waals surface area contributed by atoms with Crippen LogP contribution < -0.4 is 0 Å². The summed E-state index contributed by atoms with van der Waals surface area (Å²) in [5.41, 5.74) is 0. The maximum absolute atomic E-state index is 6.18. The fraction of sp³-hybridized carbons (Fsp3) is 0.895. The molecule has 0 saturated heterocycles. The molecule has 0 aromatic carbocycles. The molecule has 0 saturated carbocycles. The molecule has 1 aliphatic carbocycles. The van der Waals surface area contributed by atoms with E-state index < -0.39 is 0 Å². The van der Waals surface area contributed by atoms with Crippen molar-refractivity contribution in [2.75, 3.05) is 26.4 Å². The Labute approximate surface area is 137 Å². The molecule has 3 heteroatoms. The maximum Gasteiger partial charge on any atom is 0.102 e. The van der Waals surface area contributed by atoms with E-state index in [0.29, 0.717) is 5.92 Å². The second-order valence-electron chi connectivity index (χ2n) is 6.23. The summed E-state index contributed by atoms with van der Waals surface area (Å²) in [5, 5.41) is 0. The largest absolute Gasteiger partial charge is 0.381 e. The molecule has 22 heavy (non-hydrogen) atoms. The number of hydrogen-bond acceptors (Lipinski definition) is 3. The standard InChI is InChI=1S/C19H36O3/c1-4-7-13-20-16-17-11-10-12-18(21-14-8-5-2)19(17)22-15-9-6-3/h10,12,17-19H,4-9,11,13-16H2,1-3H3/t17-,18-,19-/m1/s1. The van der Waals surface area contributed by atoms with Crippen LogP contribution in [0.2, 0.25) is 0 Å². The predicted octanol–water partition coefficient (Wildman–Crippen LogP) is 4.75. The molecule has 3 atom stereocenters. The van der Waals surface area contributed by atoms with Crippen LogP contribution in [0.15, 0.2) is 12.2 Å². The summed E-state index contributed by atoms with van der Waals surface area (Å²) in [5.74, 6) is 0.422. The lowest BCUT2D eigenvalue weighted by atomic mass is 9.89. The summed E-state index contributed by atoms with van der Waals surface area (Å²) in [7, 11) is 0. The lowest BCUT2D eigenvalue weighted by Gasteiger charge is -2.34. The van der Waals surface area contributed by atoms with Crippen molar-refractivity contribution in [3.8, 4) is 0 Å². The molecule has 1 aliphatic rings. The lowest BCUT2D eigenvalue weighted by Crippen LogP contribution is -2.41. The third-order valence-corrected chi connectivity index (χ3v) is 4.14. The number of unbranched alkanes of at least 4 members (excludes halogenated alkanes) is 3. The van der Waals surface area contributed by atoms with Crippen LogP contribution in [0.4, 0.5) is 0 Å². The zero-order chi connectivity index (χ0) is 16.0. The molecule has 0 amide bonds. The molecule has 0 unspecified atom stereocenters. The van der Waals surface area contributed by atoms with Gasteiger partial charge in [-0.1, -0.05) is 52.2 Å². The van der Waals surface area contributed by atoms with Gasteiger partial charge in [0.15, 0.2) is 0 Å². The number of allylic oxidation sites excluding steroid dienone is 1. The summed E-state index contributed by atoms with van der Waals surface area (Å²) in [6, 6.07) is 0. The predicted molar refractivity (Wildman–Crippen MR) is 92.3 cm³/mol. The first-order valence-electron chi connectivity index (χ1n) is 9.31. The summed E-state index contributed by atoms with van der Waals surface area (Å²) >= 11 is 0. The fourth-order valence-electron chi connectivity index (χ4n) is 2.65. The van der Waals surface area contributed by atoms with Crippen LogP contribution in [-0.2, 0) is 14.2 Å². The van der Waals surface area contributed by atoms with E-state index in [1.54, 1.807) is 0 Å². The van der Waals surface area contributed by atoms with Crippen LogP contribution in [0.25, 0.3) is 0 Å². The Bertz CT molecular complexity index is 278. The van der Waals surface area contributed by atoms with Gasteiger partial charge < -0.3 is 14.2 Å². The van der Waals surface area contributed by atoms with Crippen LogP contribution in [0.5, 0.6) is 0 Å². The second-order valence-corrected chi connectivity index (χ2v) is 6.23. The minimum Gasteiger partial charge on any atom is -0.381 e. The Balaban J connectivity index is 2.49. The minimum absolute atomic E-state index is 0.0944. The third-order valence-electron chi connectivity index (χ3n) is 4.14. The Kier molecular flexibility index (Phi) is 11.7. The molecule has 1 rings (SSSR count).